The summed E-state index contributed by atoms with van der Waals surface area (Å²) in [6.45, 7) is 2.51. The summed E-state index contributed by atoms with van der Waals surface area (Å²) in [5.74, 6) is -0.139. The van der Waals surface area contributed by atoms with Crippen LogP contribution in [0.5, 0.6) is 0 Å². The van der Waals surface area contributed by atoms with E-state index >= 15 is 0 Å². The van der Waals surface area contributed by atoms with Crippen molar-refractivity contribution in [2.24, 2.45) is 5.92 Å². The molecule has 0 aliphatic rings. The van der Waals surface area contributed by atoms with Crippen LogP contribution in [0.4, 0.5) is 0 Å². The summed E-state index contributed by atoms with van der Waals surface area (Å²) < 4.78 is 4.98. The van der Waals surface area contributed by atoms with Crippen molar-refractivity contribution in [3.8, 4) is 0 Å². The minimum Gasteiger partial charge on any atom is -0.459 e. The van der Waals surface area contributed by atoms with Gasteiger partial charge in [-0.05, 0) is 24.5 Å². The number of likely N-dealkylation sites (N-methyl/N-ethyl adjacent to an activating group) is 1. The van der Waals surface area contributed by atoms with Crippen molar-refractivity contribution in [1.29, 1.82) is 0 Å². The monoisotopic (exact) mass is 268 g/mol. The van der Waals surface area contributed by atoms with Crippen LogP contribution in [0.2, 0.25) is 0 Å². The van der Waals surface area contributed by atoms with E-state index in [1.807, 2.05) is 6.92 Å². The van der Waals surface area contributed by atoms with E-state index in [9.17, 15) is 9.59 Å². The molecular weight excluding hydrogens is 248 g/mol. The average Bonchev–Trinajstić information content (AvgIpc) is 2.89. The molecule has 0 aromatic carbocycles. The molecule has 6 heteroatoms. The van der Waals surface area contributed by atoms with Crippen molar-refractivity contribution in [3.05, 3.63) is 24.2 Å². The highest BCUT2D eigenvalue weighted by molar-refractivity contribution is 5.94. The van der Waals surface area contributed by atoms with Crippen molar-refractivity contribution in [3.63, 3.8) is 0 Å². The Morgan fingerprint density at radius 2 is 2.26 bits per heavy atom. The topological polar surface area (TPSA) is 82.8 Å². The van der Waals surface area contributed by atoms with E-state index in [-0.39, 0.29) is 36.6 Å². The Bertz CT molecular complexity index is 403. The number of nitrogens with zero attached hydrogens (tertiary/aromatic N) is 1. The number of aliphatic hydroxyl groups excluding tert-OH is 1. The van der Waals surface area contributed by atoms with Gasteiger partial charge in [0.05, 0.1) is 12.8 Å². The first kappa shape index (κ1) is 15.2. The Morgan fingerprint density at radius 1 is 1.53 bits per heavy atom. The molecule has 1 atom stereocenters. The van der Waals surface area contributed by atoms with Crippen LogP contribution in [0.25, 0.3) is 0 Å². The van der Waals surface area contributed by atoms with Crippen molar-refractivity contribution in [2.45, 2.75) is 13.3 Å². The van der Waals surface area contributed by atoms with E-state index in [4.69, 9.17) is 9.52 Å². The third-order valence-electron chi connectivity index (χ3n) is 2.73. The van der Waals surface area contributed by atoms with Gasteiger partial charge >= 0.3 is 0 Å². The van der Waals surface area contributed by atoms with Gasteiger partial charge in [-0.1, -0.05) is 6.92 Å². The van der Waals surface area contributed by atoms with E-state index in [0.29, 0.717) is 13.0 Å². The highest BCUT2D eigenvalue weighted by Crippen LogP contribution is 2.04. The minimum atomic E-state index is -0.330. The van der Waals surface area contributed by atoms with E-state index in [2.05, 4.69) is 5.32 Å². The molecule has 0 radical (unpaired) electrons. The predicted octanol–water partition coefficient (Wildman–Crippen LogP) is 0.486. The van der Waals surface area contributed by atoms with Gasteiger partial charge in [-0.15, -0.1) is 0 Å². The zero-order chi connectivity index (χ0) is 14.3. The summed E-state index contributed by atoms with van der Waals surface area (Å²) in [7, 11) is 1.54. The van der Waals surface area contributed by atoms with E-state index in [0.717, 1.165) is 0 Å². The summed E-state index contributed by atoms with van der Waals surface area (Å²) in [6, 6.07) is 3.18. The molecule has 1 heterocycles. The standard InChI is InChI=1S/C13H20N2O4/c1-10(5-6-16)8-14-12(17)9-15(2)13(18)11-4-3-7-19-11/h3-4,7,10,16H,5-6,8-9H2,1-2H3,(H,14,17). The van der Waals surface area contributed by atoms with Crippen LogP contribution >= 0.6 is 0 Å². The number of carbonyl (C=O) groups is 2. The summed E-state index contributed by atoms with van der Waals surface area (Å²) >= 11 is 0. The van der Waals surface area contributed by atoms with Crippen molar-refractivity contribution < 1.29 is 19.1 Å². The molecular formula is C13H20N2O4. The molecule has 0 bridgehead atoms. The van der Waals surface area contributed by atoms with Crippen LogP contribution in [0.3, 0.4) is 0 Å². The molecule has 1 unspecified atom stereocenters. The van der Waals surface area contributed by atoms with Gasteiger partial charge in [0.25, 0.3) is 5.91 Å². The number of furan rings is 1. The fourth-order valence-electron chi connectivity index (χ4n) is 1.54. The van der Waals surface area contributed by atoms with Gasteiger partial charge in [0.1, 0.15) is 0 Å². The molecule has 0 spiro atoms. The second kappa shape index (κ2) is 7.58. The van der Waals surface area contributed by atoms with Crippen LogP contribution in [-0.2, 0) is 4.79 Å². The number of carbonyl (C=O) groups excluding carboxylic acids is 2. The van der Waals surface area contributed by atoms with Gasteiger partial charge in [-0.25, -0.2) is 0 Å². The first-order valence-corrected chi connectivity index (χ1v) is 6.21. The molecule has 0 aliphatic carbocycles. The lowest BCUT2D eigenvalue weighted by Crippen LogP contribution is -2.39. The molecule has 0 fully saturated rings. The molecule has 1 aromatic heterocycles. The molecule has 0 aliphatic heterocycles. The van der Waals surface area contributed by atoms with Gasteiger partial charge < -0.3 is 19.7 Å². The first-order chi connectivity index (χ1) is 9.04. The van der Waals surface area contributed by atoms with Gasteiger partial charge in [-0.3, -0.25) is 9.59 Å². The third-order valence-corrected chi connectivity index (χ3v) is 2.73. The lowest BCUT2D eigenvalue weighted by atomic mass is 10.1. The number of aliphatic hydroxyl groups is 1. The first-order valence-electron chi connectivity index (χ1n) is 6.21. The highest BCUT2D eigenvalue weighted by atomic mass is 16.3. The maximum Gasteiger partial charge on any atom is 0.289 e. The highest BCUT2D eigenvalue weighted by Gasteiger charge is 2.17. The number of rotatable bonds is 7. The lowest BCUT2D eigenvalue weighted by Gasteiger charge is -2.16. The number of hydrogen-bond donors (Lipinski definition) is 2. The zero-order valence-electron chi connectivity index (χ0n) is 11.3. The molecule has 0 saturated heterocycles. The predicted molar refractivity (Wildman–Crippen MR) is 69.5 cm³/mol. The second-order valence-corrected chi connectivity index (χ2v) is 4.56. The summed E-state index contributed by atoms with van der Waals surface area (Å²) in [5, 5.41) is 11.5. The van der Waals surface area contributed by atoms with Gasteiger partial charge in [0.2, 0.25) is 5.91 Å². The molecule has 19 heavy (non-hydrogen) atoms. The van der Waals surface area contributed by atoms with Gasteiger partial charge in [-0.2, -0.15) is 0 Å². The fourth-order valence-corrected chi connectivity index (χ4v) is 1.54. The Hall–Kier alpha value is -1.82. The van der Waals surface area contributed by atoms with Crippen LogP contribution < -0.4 is 5.32 Å². The average molecular weight is 268 g/mol. The van der Waals surface area contributed by atoms with Crippen LogP contribution in [0.15, 0.2) is 22.8 Å². The van der Waals surface area contributed by atoms with E-state index in [1.165, 1.54) is 11.2 Å². The summed E-state index contributed by atoms with van der Waals surface area (Å²) in [4.78, 5) is 24.7. The van der Waals surface area contributed by atoms with Crippen LogP contribution in [0.1, 0.15) is 23.9 Å². The Labute approximate surface area is 112 Å². The largest absolute Gasteiger partial charge is 0.459 e. The third kappa shape index (κ3) is 5.13. The van der Waals surface area contributed by atoms with Crippen LogP contribution in [0, 0.1) is 5.92 Å². The Kier molecular flexibility index (Phi) is 6.08. The molecule has 2 N–H and O–H groups in total. The lowest BCUT2D eigenvalue weighted by molar-refractivity contribution is -0.121. The number of nitrogens with one attached hydrogen (secondary N) is 1. The normalized spacial score (nSPS) is 11.9. The maximum absolute atomic E-state index is 11.8. The maximum atomic E-state index is 11.8. The molecule has 6 nitrogen and oxygen atoms in total. The fraction of sp³-hybridized carbons (Fsp3) is 0.538. The molecule has 1 rings (SSSR count). The Morgan fingerprint density at radius 3 is 2.84 bits per heavy atom. The van der Waals surface area contributed by atoms with E-state index < -0.39 is 0 Å². The number of hydrogen-bond acceptors (Lipinski definition) is 4. The van der Waals surface area contributed by atoms with Gasteiger partial charge in [0.15, 0.2) is 5.76 Å². The van der Waals surface area contributed by atoms with Gasteiger partial charge in [0, 0.05) is 20.2 Å². The smallest absolute Gasteiger partial charge is 0.289 e. The van der Waals surface area contributed by atoms with Crippen LogP contribution in [-0.4, -0.2) is 48.6 Å². The van der Waals surface area contributed by atoms with Crippen molar-refractivity contribution in [2.75, 3.05) is 26.7 Å². The van der Waals surface area contributed by atoms with E-state index in [1.54, 1.807) is 19.2 Å². The SMILES string of the molecule is CC(CCO)CNC(=O)CN(C)C(=O)c1ccco1. The molecule has 106 valence electrons. The molecule has 1 aromatic rings. The molecule has 2 amide bonds. The second-order valence-electron chi connectivity index (χ2n) is 4.56. The zero-order valence-corrected chi connectivity index (χ0v) is 11.3. The number of amides is 2. The quantitative estimate of drug-likeness (QED) is 0.753. The summed E-state index contributed by atoms with van der Waals surface area (Å²) in [5.41, 5.74) is 0. The Balaban J connectivity index is 2.34. The van der Waals surface area contributed by atoms with Crippen molar-refractivity contribution >= 4 is 11.8 Å². The van der Waals surface area contributed by atoms with Crippen molar-refractivity contribution in [1.82, 2.24) is 10.2 Å². The summed E-state index contributed by atoms with van der Waals surface area (Å²) in [6.07, 6.45) is 2.05. The molecule has 0 saturated carbocycles. The minimum absolute atomic E-state index is 0.0224.